The molecule has 1 atom stereocenters. The number of benzene rings is 3. The number of ketones is 1. The van der Waals surface area contributed by atoms with E-state index in [0.717, 1.165) is 22.3 Å². The summed E-state index contributed by atoms with van der Waals surface area (Å²) in [5.74, 6) is 0.0460. The molecule has 3 heterocycles. The Morgan fingerprint density at radius 3 is 2.63 bits per heavy atom. The molecule has 2 aliphatic rings. The molecule has 1 unspecified atom stereocenters. The van der Waals surface area contributed by atoms with Crippen molar-refractivity contribution < 1.29 is 4.79 Å². The Kier molecular flexibility index (Phi) is 3.27. The second-order valence-corrected chi connectivity index (χ2v) is 8.63. The van der Waals surface area contributed by atoms with Gasteiger partial charge < -0.3 is 9.88 Å². The SMILES string of the molecule is CC1(C)c2cc(C(=O)c3ccccc3)ccc2NC12C=Cc1cccc3ncn2c13. The maximum Gasteiger partial charge on any atom is 0.193 e. The second kappa shape index (κ2) is 5.70. The number of hydrogen-bond acceptors (Lipinski definition) is 3. The molecular formula is C26H21N3O. The zero-order valence-corrected chi connectivity index (χ0v) is 16.9. The number of carbonyl (C=O) groups excluding carboxylic acids is 1. The van der Waals surface area contributed by atoms with Crippen LogP contribution in [0, 0.1) is 0 Å². The van der Waals surface area contributed by atoms with Crippen LogP contribution in [-0.4, -0.2) is 15.3 Å². The molecule has 0 bridgehead atoms. The number of imidazole rings is 1. The van der Waals surface area contributed by atoms with Crippen LogP contribution in [0.3, 0.4) is 0 Å². The van der Waals surface area contributed by atoms with Crippen molar-refractivity contribution in [2.45, 2.75) is 24.9 Å². The van der Waals surface area contributed by atoms with Gasteiger partial charge in [-0.2, -0.15) is 0 Å². The standard InChI is InChI=1S/C26H21N3O/c1-25(2)20-15-19(24(30)18-7-4-3-5-8-18)11-12-21(20)28-26(25)14-13-17-9-6-10-22-23(17)29(26)16-27-22/h3-16,28H,1-2H3. The van der Waals surface area contributed by atoms with Crippen molar-refractivity contribution in [2.75, 3.05) is 5.32 Å². The van der Waals surface area contributed by atoms with Gasteiger partial charge in [0.25, 0.3) is 0 Å². The van der Waals surface area contributed by atoms with Crippen LogP contribution in [0.15, 0.2) is 79.1 Å². The lowest BCUT2D eigenvalue weighted by Crippen LogP contribution is -2.50. The summed E-state index contributed by atoms with van der Waals surface area (Å²) < 4.78 is 2.25. The van der Waals surface area contributed by atoms with Crippen molar-refractivity contribution in [1.82, 2.24) is 9.55 Å². The van der Waals surface area contributed by atoms with Crippen molar-refractivity contribution in [3.05, 3.63) is 101 Å². The molecule has 1 N–H and O–H groups in total. The third-order valence-corrected chi connectivity index (χ3v) is 6.75. The molecule has 0 saturated heterocycles. The van der Waals surface area contributed by atoms with Gasteiger partial charge in [-0.1, -0.05) is 62.4 Å². The predicted octanol–water partition coefficient (Wildman–Crippen LogP) is 5.35. The normalized spacial score (nSPS) is 20.3. The van der Waals surface area contributed by atoms with E-state index in [4.69, 9.17) is 0 Å². The highest BCUT2D eigenvalue weighted by Gasteiger charge is 2.53. The molecule has 4 nitrogen and oxygen atoms in total. The molecule has 0 fully saturated rings. The van der Waals surface area contributed by atoms with Crippen LogP contribution in [0.25, 0.3) is 17.1 Å². The van der Waals surface area contributed by atoms with Crippen LogP contribution >= 0.6 is 0 Å². The largest absolute Gasteiger partial charge is 0.358 e. The first-order chi connectivity index (χ1) is 14.5. The molecule has 0 amide bonds. The Morgan fingerprint density at radius 1 is 0.967 bits per heavy atom. The molecule has 6 rings (SSSR count). The third-order valence-electron chi connectivity index (χ3n) is 6.75. The first kappa shape index (κ1) is 17.2. The van der Waals surface area contributed by atoms with Gasteiger partial charge in [-0.05, 0) is 35.9 Å². The first-order valence-electron chi connectivity index (χ1n) is 10.2. The number of para-hydroxylation sites is 1. The minimum absolute atomic E-state index is 0.0460. The summed E-state index contributed by atoms with van der Waals surface area (Å²) in [6.07, 6.45) is 6.34. The summed E-state index contributed by atoms with van der Waals surface area (Å²) in [5.41, 5.74) is 6.12. The van der Waals surface area contributed by atoms with Crippen molar-refractivity contribution in [1.29, 1.82) is 0 Å². The van der Waals surface area contributed by atoms with Gasteiger partial charge in [0.05, 0.1) is 17.4 Å². The van der Waals surface area contributed by atoms with E-state index in [1.165, 1.54) is 5.56 Å². The van der Waals surface area contributed by atoms with Crippen molar-refractivity contribution in [3.63, 3.8) is 0 Å². The summed E-state index contributed by atoms with van der Waals surface area (Å²) in [4.78, 5) is 17.7. The average molecular weight is 391 g/mol. The van der Waals surface area contributed by atoms with Gasteiger partial charge in [-0.25, -0.2) is 4.98 Å². The molecule has 30 heavy (non-hydrogen) atoms. The van der Waals surface area contributed by atoms with E-state index in [2.05, 4.69) is 53.0 Å². The zero-order chi connectivity index (χ0) is 20.5. The molecule has 4 heteroatoms. The summed E-state index contributed by atoms with van der Waals surface area (Å²) in [5, 5.41) is 3.76. The number of nitrogens with one attached hydrogen (secondary N) is 1. The minimum Gasteiger partial charge on any atom is -0.358 e. The van der Waals surface area contributed by atoms with E-state index in [1.807, 2.05) is 60.9 Å². The first-order valence-corrected chi connectivity index (χ1v) is 10.2. The van der Waals surface area contributed by atoms with Crippen LogP contribution in [0.5, 0.6) is 0 Å². The molecule has 3 aromatic carbocycles. The smallest absolute Gasteiger partial charge is 0.193 e. The fraction of sp³-hybridized carbons (Fsp3) is 0.154. The lowest BCUT2D eigenvalue weighted by atomic mass is 9.74. The van der Waals surface area contributed by atoms with Crippen molar-refractivity contribution in [3.8, 4) is 0 Å². The Hall–Kier alpha value is -3.66. The predicted molar refractivity (Wildman–Crippen MR) is 120 cm³/mol. The number of rotatable bonds is 2. The summed E-state index contributed by atoms with van der Waals surface area (Å²) in [6.45, 7) is 4.46. The van der Waals surface area contributed by atoms with E-state index >= 15 is 0 Å². The lowest BCUT2D eigenvalue weighted by molar-refractivity contribution is 0.103. The minimum atomic E-state index is -0.479. The highest BCUT2D eigenvalue weighted by Crippen LogP contribution is 2.53. The van der Waals surface area contributed by atoms with Gasteiger partial charge in [0, 0.05) is 27.8 Å². The molecule has 146 valence electrons. The molecule has 4 aromatic rings. The summed E-state index contributed by atoms with van der Waals surface area (Å²) >= 11 is 0. The summed E-state index contributed by atoms with van der Waals surface area (Å²) in [7, 11) is 0. The highest BCUT2D eigenvalue weighted by molar-refractivity contribution is 6.09. The van der Waals surface area contributed by atoms with Crippen LogP contribution in [0.1, 0.15) is 40.9 Å². The van der Waals surface area contributed by atoms with E-state index in [9.17, 15) is 4.79 Å². The monoisotopic (exact) mass is 391 g/mol. The molecule has 0 saturated carbocycles. The number of anilines is 1. The Bertz CT molecular complexity index is 1360. The van der Waals surface area contributed by atoms with Crippen molar-refractivity contribution >= 4 is 28.6 Å². The van der Waals surface area contributed by atoms with Gasteiger partial charge in [0.2, 0.25) is 0 Å². The Labute approximate surface area is 174 Å². The number of nitrogens with zero attached hydrogens (tertiary/aromatic N) is 2. The maximum atomic E-state index is 13.1. The zero-order valence-electron chi connectivity index (χ0n) is 16.9. The second-order valence-electron chi connectivity index (χ2n) is 8.63. The van der Waals surface area contributed by atoms with Gasteiger partial charge in [-0.3, -0.25) is 4.79 Å². The van der Waals surface area contributed by atoms with Crippen LogP contribution in [-0.2, 0) is 11.1 Å². The molecule has 0 radical (unpaired) electrons. The average Bonchev–Trinajstić information content (AvgIpc) is 3.30. The maximum absolute atomic E-state index is 13.1. The molecule has 1 aromatic heterocycles. The number of fused-ring (bicyclic) bond motifs is 2. The molecular weight excluding hydrogens is 370 g/mol. The molecule has 1 spiro atoms. The van der Waals surface area contributed by atoms with E-state index in [-0.39, 0.29) is 11.2 Å². The van der Waals surface area contributed by atoms with E-state index < -0.39 is 5.66 Å². The molecule has 0 aliphatic carbocycles. The fourth-order valence-electron chi connectivity index (χ4n) is 5.03. The van der Waals surface area contributed by atoms with E-state index in [1.54, 1.807) is 0 Å². The number of hydrogen-bond donors (Lipinski definition) is 1. The molecule has 2 aliphatic heterocycles. The Morgan fingerprint density at radius 2 is 1.80 bits per heavy atom. The number of carbonyl (C=O) groups is 1. The topological polar surface area (TPSA) is 46.9 Å². The third kappa shape index (κ3) is 2.05. The fourth-order valence-corrected chi connectivity index (χ4v) is 5.03. The summed E-state index contributed by atoms with van der Waals surface area (Å²) in [6, 6.07) is 21.7. The van der Waals surface area contributed by atoms with Gasteiger partial charge in [-0.15, -0.1) is 0 Å². The quantitative estimate of drug-likeness (QED) is 0.469. The Balaban J connectivity index is 1.50. The van der Waals surface area contributed by atoms with Gasteiger partial charge in [0.1, 0.15) is 5.66 Å². The van der Waals surface area contributed by atoms with Gasteiger partial charge >= 0.3 is 0 Å². The number of aromatic nitrogens is 2. The van der Waals surface area contributed by atoms with E-state index in [0.29, 0.717) is 11.1 Å². The van der Waals surface area contributed by atoms with Crippen molar-refractivity contribution in [2.24, 2.45) is 0 Å². The van der Waals surface area contributed by atoms with Crippen LogP contribution in [0.4, 0.5) is 5.69 Å². The lowest BCUT2D eigenvalue weighted by Gasteiger charge is -2.42. The van der Waals surface area contributed by atoms with Gasteiger partial charge in [0.15, 0.2) is 5.78 Å². The van der Waals surface area contributed by atoms with Crippen LogP contribution < -0.4 is 5.32 Å². The highest BCUT2D eigenvalue weighted by atomic mass is 16.1. The van der Waals surface area contributed by atoms with Crippen LogP contribution in [0.2, 0.25) is 0 Å².